The van der Waals surface area contributed by atoms with Crippen molar-refractivity contribution in [3.63, 3.8) is 0 Å². The summed E-state index contributed by atoms with van der Waals surface area (Å²) in [5, 5.41) is 0.952. The van der Waals surface area contributed by atoms with Crippen molar-refractivity contribution in [1.82, 2.24) is 4.57 Å². The van der Waals surface area contributed by atoms with E-state index in [0.29, 0.717) is 59.0 Å². The normalized spacial score (nSPS) is 14.0. The highest BCUT2D eigenvalue weighted by molar-refractivity contribution is 14.1. The van der Waals surface area contributed by atoms with Gasteiger partial charge in [-0.3, -0.25) is 9.36 Å². The smallest absolute Gasteiger partial charge is 0.343 e. The van der Waals surface area contributed by atoms with Crippen LogP contribution in [0.25, 0.3) is 6.08 Å². The van der Waals surface area contributed by atoms with Crippen molar-refractivity contribution in [2.24, 2.45) is 4.99 Å². The molecule has 0 radical (unpaired) electrons. The second-order valence-electron chi connectivity index (χ2n) is 10.9. The lowest BCUT2D eigenvalue weighted by atomic mass is 9.95. The standard InChI is InChI=1S/C36H33Cl2IN2O9S/c1-6-47-27-13-20(9-11-26(27)49-18-30(42)46-5)32-31(35(44)48-7-2)19(3)40-36-41(32)34(43)29(51-36)14-22-12-24(39)16-28(45-4)33(22)50-17-21-8-10-23(37)15-25(21)38/h8-16,32H,6-7,17-18H2,1-5H3/b29-14+/t32-/m1/s1. The van der Waals surface area contributed by atoms with Crippen LogP contribution in [0.5, 0.6) is 23.0 Å². The third-order valence-corrected chi connectivity index (χ3v) is 9.81. The number of benzene rings is 3. The summed E-state index contributed by atoms with van der Waals surface area (Å²) in [7, 11) is 2.80. The maximum Gasteiger partial charge on any atom is 0.343 e. The van der Waals surface area contributed by atoms with E-state index in [1.54, 1.807) is 63.2 Å². The molecule has 4 aromatic rings. The molecule has 0 spiro atoms. The molecule has 0 saturated heterocycles. The van der Waals surface area contributed by atoms with Crippen LogP contribution in [-0.2, 0) is 25.7 Å². The van der Waals surface area contributed by atoms with Gasteiger partial charge in [0.25, 0.3) is 5.56 Å². The van der Waals surface area contributed by atoms with Crippen LogP contribution in [0.4, 0.5) is 0 Å². The van der Waals surface area contributed by atoms with Gasteiger partial charge < -0.3 is 28.4 Å². The van der Waals surface area contributed by atoms with Gasteiger partial charge in [0, 0.05) is 24.7 Å². The Morgan fingerprint density at radius 1 is 0.980 bits per heavy atom. The molecule has 268 valence electrons. The molecular formula is C36H33Cl2IN2O9S. The molecular weight excluding hydrogens is 834 g/mol. The van der Waals surface area contributed by atoms with Gasteiger partial charge in [0.2, 0.25) is 0 Å². The number of aromatic nitrogens is 1. The van der Waals surface area contributed by atoms with Crippen molar-refractivity contribution in [1.29, 1.82) is 0 Å². The third-order valence-electron chi connectivity index (χ3n) is 7.62. The number of halogens is 3. The number of thiazole rings is 1. The first-order chi connectivity index (χ1) is 24.5. The molecule has 0 unspecified atom stereocenters. The van der Waals surface area contributed by atoms with Crippen LogP contribution in [-0.4, -0.2) is 50.5 Å². The van der Waals surface area contributed by atoms with Gasteiger partial charge in [-0.25, -0.2) is 14.6 Å². The minimum Gasteiger partial charge on any atom is -0.493 e. The van der Waals surface area contributed by atoms with Crippen molar-refractivity contribution in [3.05, 3.63) is 110 Å². The number of rotatable bonds is 13. The molecule has 0 fully saturated rings. The molecule has 3 aromatic carbocycles. The SMILES string of the molecule is CCOC(=O)C1=C(C)N=c2s/c(=C/c3cc(I)cc(OC)c3OCc3ccc(Cl)cc3Cl)c(=O)n2[C@@H]1c1ccc(OCC(=O)OC)c(OCC)c1. The van der Waals surface area contributed by atoms with E-state index in [9.17, 15) is 14.4 Å². The fourth-order valence-electron chi connectivity index (χ4n) is 5.32. The van der Waals surface area contributed by atoms with Crippen LogP contribution in [0.15, 0.2) is 69.6 Å². The number of hydrogen-bond donors (Lipinski definition) is 0. The zero-order valence-corrected chi connectivity index (χ0v) is 32.7. The number of fused-ring (bicyclic) bond motifs is 1. The Morgan fingerprint density at radius 2 is 1.76 bits per heavy atom. The summed E-state index contributed by atoms with van der Waals surface area (Å²) in [6.45, 7) is 5.39. The molecule has 1 atom stereocenters. The molecule has 0 amide bonds. The number of methoxy groups -OCH3 is 2. The highest BCUT2D eigenvalue weighted by Crippen LogP contribution is 2.38. The van der Waals surface area contributed by atoms with Crippen LogP contribution >= 0.6 is 57.1 Å². The van der Waals surface area contributed by atoms with E-state index in [1.165, 1.54) is 18.8 Å². The van der Waals surface area contributed by atoms with Crippen LogP contribution < -0.4 is 33.8 Å². The Labute approximate surface area is 321 Å². The second-order valence-corrected chi connectivity index (χ2v) is 14.0. The average molecular weight is 868 g/mol. The molecule has 1 aliphatic heterocycles. The first-order valence-corrected chi connectivity index (χ1v) is 18.2. The molecule has 0 saturated carbocycles. The Hall–Kier alpha value is -4.05. The minimum absolute atomic E-state index is 0.110. The first kappa shape index (κ1) is 38.2. The summed E-state index contributed by atoms with van der Waals surface area (Å²) in [6.07, 6.45) is 1.71. The van der Waals surface area contributed by atoms with Gasteiger partial charge in [0.05, 0.1) is 49.3 Å². The molecule has 5 rings (SSSR count). The number of hydrogen-bond acceptors (Lipinski definition) is 11. The Bertz CT molecular complexity index is 2200. The summed E-state index contributed by atoms with van der Waals surface area (Å²) in [5.41, 5.74) is 2.02. The monoisotopic (exact) mass is 866 g/mol. The number of allylic oxidation sites excluding steroid dienone is 1. The number of ether oxygens (including phenoxy) is 6. The third kappa shape index (κ3) is 8.54. The number of nitrogens with zero attached hydrogens (tertiary/aromatic N) is 2. The molecule has 11 nitrogen and oxygen atoms in total. The molecule has 0 aliphatic carbocycles. The predicted molar refractivity (Wildman–Crippen MR) is 202 cm³/mol. The fourth-order valence-corrected chi connectivity index (χ4v) is 7.44. The van der Waals surface area contributed by atoms with Crippen LogP contribution in [0.2, 0.25) is 10.0 Å². The van der Waals surface area contributed by atoms with Gasteiger partial charge in [-0.1, -0.05) is 46.7 Å². The van der Waals surface area contributed by atoms with Gasteiger partial charge in [0.1, 0.15) is 6.61 Å². The van der Waals surface area contributed by atoms with E-state index >= 15 is 0 Å². The molecule has 0 N–H and O–H groups in total. The lowest BCUT2D eigenvalue weighted by molar-refractivity contribution is -0.143. The van der Waals surface area contributed by atoms with Crippen molar-refractivity contribution < 1.29 is 38.0 Å². The molecule has 51 heavy (non-hydrogen) atoms. The molecule has 0 bridgehead atoms. The highest BCUT2D eigenvalue weighted by Gasteiger charge is 2.34. The largest absolute Gasteiger partial charge is 0.493 e. The van der Waals surface area contributed by atoms with E-state index in [0.717, 1.165) is 14.9 Å². The van der Waals surface area contributed by atoms with Crippen molar-refractivity contribution in [3.8, 4) is 23.0 Å². The van der Waals surface area contributed by atoms with Gasteiger partial charge in [0.15, 0.2) is 34.4 Å². The lowest BCUT2D eigenvalue weighted by Crippen LogP contribution is -2.40. The van der Waals surface area contributed by atoms with Crippen molar-refractivity contribution in [2.75, 3.05) is 34.0 Å². The molecule has 1 aromatic heterocycles. The predicted octanol–water partition coefficient (Wildman–Crippen LogP) is 6.25. The van der Waals surface area contributed by atoms with E-state index in [-0.39, 0.29) is 37.8 Å². The Kier molecular flexibility index (Phi) is 12.7. The van der Waals surface area contributed by atoms with E-state index in [2.05, 4.69) is 27.6 Å². The summed E-state index contributed by atoms with van der Waals surface area (Å²) in [5.74, 6) is 0.288. The van der Waals surface area contributed by atoms with Crippen molar-refractivity contribution >= 4 is 75.1 Å². The van der Waals surface area contributed by atoms with Crippen molar-refractivity contribution in [2.45, 2.75) is 33.4 Å². The quantitative estimate of drug-likeness (QED) is 0.113. The Morgan fingerprint density at radius 3 is 2.45 bits per heavy atom. The van der Waals surface area contributed by atoms with E-state index in [4.69, 9.17) is 51.6 Å². The average Bonchev–Trinajstić information content (AvgIpc) is 3.40. The Balaban J connectivity index is 1.66. The van der Waals surface area contributed by atoms with Crippen LogP contribution in [0.3, 0.4) is 0 Å². The molecule has 15 heteroatoms. The topological polar surface area (TPSA) is 124 Å². The summed E-state index contributed by atoms with van der Waals surface area (Å²) in [6, 6.07) is 12.9. The van der Waals surface area contributed by atoms with Gasteiger partial charge in [-0.05, 0) is 91.4 Å². The lowest BCUT2D eigenvalue weighted by Gasteiger charge is -2.25. The van der Waals surface area contributed by atoms with Gasteiger partial charge >= 0.3 is 11.9 Å². The number of esters is 2. The van der Waals surface area contributed by atoms with E-state index < -0.39 is 23.5 Å². The fraction of sp³-hybridized carbons (Fsp3) is 0.278. The van der Waals surface area contributed by atoms with Gasteiger partial charge in [-0.15, -0.1) is 0 Å². The van der Waals surface area contributed by atoms with E-state index in [1.807, 2.05) is 12.1 Å². The molecule has 2 heterocycles. The maximum atomic E-state index is 14.4. The zero-order chi connectivity index (χ0) is 36.8. The minimum atomic E-state index is -0.926. The first-order valence-electron chi connectivity index (χ1n) is 15.6. The summed E-state index contributed by atoms with van der Waals surface area (Å²) in [4.78, 5) is 44.7. The maximum absolute atomic E-state index is 14.4. The van der Waals surface area contributed by atoms with Crippen LogP contribution in [0, 0.1) is 3.57 Å². The number of carbonyl (C=O) groups is 2. The van der Waals surface area contributed by atoms with Crippen LogP contribution in [0.1, 0.15) is 43.5 Å². The summed E-state index contributed by atoms with van der Waals surface area (Å²) < 4.78 is 36.2. The second kappa shape index (κ2) is 17.0. The zero-order valence-electron chi connectivity index (χ0n) is 28.2. The molecule has 1 aliphatic rings. The van der Waals surface area contributed by atoms with Gasteiger partial charge in [-0.2, -0.15) is 0 Å². The highest BCUT2D eigenvalue weighted by atomic mass is 127. The summed E-state index contributed by atoms with van der Waals surface area (Å²) >= 11 is 15.8. The number of carbonyl (C=O) groups excluding carboxylic acids is 2.